The molecule has 0 bridgehead atoms. The van der Waals surface area contributed by atoms with Crippen LogP contribution in [0, 0.1) is 13.1 Å². The number of nitrogens with zero attached hydrogens (tertiary/aromatic N) is 3. The van der Waals surface area contributed by atoms with Crippen LogP contribution >= 0.6 is 0 Å². The van der Waals surface area contributed by atoms with Crippen LogP contribution in [0.15, 0.2) is 4.42 Å². The Morgan fingerprint density at radius 1 is 1.45 bits per heavy atom. The van der Waals surface area contributed by atoms with E-state index in [1.54, 1.807) is 6.92 Å². The van der Waals surface area contributed by atoms with Crippen molar-refractivity contribution in [3.63, 3.8) is 0 Å². The van der Waals surface area contributed by atoms with Gasteiger partial charge in [0, 0.05) is 0 Å². The molecule has 0 amide bonds. The molecule has 0 saturated heterocycles. The lowest BCUT2D eigenvalue weighted by molar-refractivity contribution is 0.613. The predicted molar refractivity (Wildman–Crippen MR) is 37.6 cm³/mol. The Morgan fingerprint density at radius 2 is 2.27 bits per heavy atom. The fourth-order valence-electron chi connectivity index (χ4n) is 0.781. The number of fused-ring (bicyclic) bond motifs is 1. The third-order valence-electron chi connectivity index (χ3n) is 1.20. The average Bonchev–Trinajstić information content (AvgIpc) is 2.27. The number of aryl methyl sites for hydroxylation is 1. The Bertz CT molecular complexity index is 394. The highest BCUT2D eigenvalue weighted by Gasteiger charge is 2.04. The van der Waals surface area contributed by atoms with Crippen LogP contribution in [-0.4, -0.2) is 15.0 Å². The second kappa shape index (κ2) is 1.91. The minimum absolute atomic E-state index is 0.0824. The van der Waals surface area contributed by atoms with Crippen molar-refractivity contribution < 1.29 is 4.42 Å². The smallest absolute Gasteiger partial charge is 0.295 e. The highest BCUT2D eigenvalue weighted by molar-refractivity contribution is 5.63. The summed E-state index contributed by atoms with van der Waals surface area (Å²) >= 11 is 0. The van der Waals surface area contributed by atoms with E-state index >= 15 is 0 Å². The Morgan fingerprint density at radius 3 is 3.09 bits per heavy atom. The van der Waals surface area contributed by atoms with Gasteiger partial charge in [0.1, 0.15) is 6.20 Å². The summed E-state index contributed by atoms with van der Waals surface area (Å²) in [6.07, 6.45) is 2.64. The van der Waals surface area contributed by atoms with Crippen LogP contribution in [-0.2, 0) is 0 Å². The minimum Gasteiger partial charge on any atom is -0.403 e. The number of nitrogens with two attached hydrogens (primary N) is 1. The molecular weight excluding hydrogens is 144 g/mol. The summed E-state index contributed by atoms with van der Waals surface area (Å²) in [6.45, 7) is 1.78. The lowest BCUT2D eigenvalue weighted by Gasteiger charge is -1.84. The zero-order chi connectivity index (χ0) is 7.84. The highest BCUT2D eigenvalue weighted by Crippen LogP contribution is 2.10. The van der Waals surface area contributed by atoms with E-state index in [4.69, 9.17) is 10.2 Å². The minimum atomic E-state index is 0.0824. The SMILES string of the molecule is Cc1[c]nc2oc(N)nc2n1. The van der Waals surface area contributed by atoms with Gasteiger partial charge in [0.05, 0.1) is 5.69 Å². The lowest BCUT2D eigenvalue weighted by atomic mass is 10.5. The van der Waals surface area contributed by atoms with Crippen LogP contribution in [0.3, 0.4) is 0 Å². The van der Waals surface area contributed by atoms with Gasteiger partial charge in [0.25, 0.3) is 11.7 Å². The summed E-state index contributed by atoms with van der Waals surface area (Å²) in [5.74, 6) is 0. The zero-order valence-corrected chi connectivity index (χ0v) is 5.83. The van der Waals surface area contributed by atoms with E-state index in [-0.39, 0.29) is 6.01 Å². The van der Waals surface area contributed by atoms with E-state index < -0.39 is 0 Å². The second-order valence-electron chi connectivity index (χ2n) is 2.10. The van der Waals surface area contributed by atoms with Gasteiger partial charge in [-0.15, -0.1) is 0 Å². The quantitative estimate of drug-likeness (QED) is 0.583. The molecule has 5 nitrogen and oxygen atoms in total. The number of aromatic nitrogens is 3. The second-order valence-corrected chi connectivity index (χ2v) is 2.10. The topological polar surface area (TPSA) is 77.8 Å². The summed E-state index contributed by atoms with van der Waals surface area (Å²) < 4.78 is 4.88. The Kier molecular flexibility index (Phi) is 1.06. The van der Waals surface area contributed by atoms with E-state index in [0.717, 1.165) is 0 Å². The van der Waals surface area contributed by atoms with Gasteiger partial charge < -0.3 is 10.2 Å². The van der Waals surface area contributed by atoms with E-state index in [9.17, 15) is 0 Å². The van der Waals surface area contributed by atoms with Crippen molar-refractivity contribution in [1.82, 2.24) is 15.0 Å². The maximum absolute atomic E-state index is 5.27. The molecule has 0 aliphatic heterocycles. The van der Waals surface area contributed by atoms with Crippen LogP contribution in [0.2, 0.25) is 0 Å². The van der Waals surface area contributed by atoms with E-state index in [1.165, 1.54) is 0 Å². The van der Waals surface area contributed by atoms with Crippen LogP contribution in [0.25, 0.3) is 11.4 Å². The number of oxazole rings is 1. The molecule has 11 heavy (non-hydrogen) atoms. The van der Waals surface area contributed by atoms with Crippen LogP contribution in [0.4, 0.5) is 6.01 Å². The molecule has 55 valence electrons. The molecule has 0 unspecified atom stereocenters. The van der Waals surface area contributed by atoms with Crippen LogP contribution in [0.5, 0.6) is 0 Å². The third kappa shape index (κ3) is 0.899. The number of hydrogen-bond donors (Lipinski definition) is 1. The van der Waals surface area contributed by atoms with Gasteiger partial charge in [0.2, 0.25) is 5.65 Å². The average molecular weight is 149 g/mol. The summed E-state index contributed by atoms with van der Waals surface area (Å²) in [5, 5.41) is 0. The molecule has 2 aromatic rings. The monoisotopic (exact) mass is 149 g/mol. The third-order valence-corrected chi connectivity index (χ3v) is 1.20. The maximum atomic E-state index is 5.27. The van der Waals surface area contributed by atoms with Gasteiger partial charge in [-0.05, 0) is 6.92 Å². The first-order valence-corrected chi connectivity index (χ1v) is 3.04. The molecule has 0 aromatic carbocycles. The molecule has 0 aliphatic rings. The Labute approximate surface area is 62.3 Å². The van der Waals surface area contributed by atoms with Gasteiger partial charge >= 0.3 is 0 Å². The number of hydrogen-bond acceptors (Lipinski definition) is 5. The molecule has 2 rings (SSSR count). The summed E-state index contributed by atoms with van der Waals surface area (Å²) in [4.78, 5) is 11.6. The van der Waals surface area contributed by atoms with Crippen molar-refractivity contribution in [2.75, 3.05) is 5.73 Å². The molecule has 0 atom stereocenters. The van der Waals surface area contributed by atoms with Crippen molar-refractivity contribution in [3.8, 4) is 0 Å². The van der Waals surface area contributed by atoms with E-state index in [0.29, 0.717) is 17.1 Å². The maximum Gasteiger partial charge on any atom is 0.295 e. The molecule has 0 saturated carbocycles. The number of nitrogen functional groups attached to an aromatic ring is 1. The van der Waals surface area contributed by atoms with Crippen molar-refractivity contribution >= 4 is 17.4 Å². The molecule has 2 heterocycles. The summed E-state index contributed by atoms with van der Waals surface area (Å²) in [5.41, 5.74) is 6.70. The number of anilines is 1. The number of rotatable bonds is 0. The van der Waals surface area contributed by atoms with Crippen molar-refractivity contribution in [2.45, 2.75) is 6.92 Å². The standard InChI is InChI=1S/C6H5N4O/c1-3-2-8-5-4(9-3)10-6(7)11-5/h1H3,(H2,7,9,10). The van der Waals surface area contributed by atoms with Gasteiger partial charge in [-0.25, -0.2) is 9.97 Å². The first-order chi connectivity index (χ1) is 5.25. The molecule has 2 aromatic heterocycles. The first kappa shape index (κ1) is 6.09. The van der Waals surface area contributed by atoms with E-state index in [1.807, 2.05) is 0 Å². The molecule has 2 N–H and O–H groups in total. The normalized spacial score (nSPS) is 10.6. The van der Waals surface area contributed by atoms with Crippen molar-refractivity contribution in [2.24, 2.45) is 0 Å². The van der Waals surface area contributed by atoms with Gasteiger partial charge in [-0.3, -0.25) is 0 Å². The van der Waals surface area contributed by atoms with Crippen LogP contribution < -0.4 is 5.73 Å². The molecule has 0 aliphatic carbocycles. The molecular formula is C6H5N4O. The van der Waals surface area contributed by atoms with Gasteiger partial charge in [-0.2, -0.15) is 4.98 Å². The fraction of sp³-hybridized carbons (Fsp3) is 0.167. The molecule has 1 radical (unpaired) electrons. The van der Waals surface area contributed by atoms with Crippen molar-refractivity contribution in [3.05, 3.63) is 11.9 Å². The highest BCUT2D eigenvalue weighted by atomic mass is 16.4. The largest absolute Gasteiger partial charge is 0.403 e. The molecule has 5 heteroatoms. The molecule has 0 fully saturated rings. The molecule has 0 spiro atoms. The lowest BCUT2D eigenvalue weighted by Crippen LogP contribution is -1.85. The first-order valence-electron chi connectivity index (χ1n) is 3.04. The summed E-state index contributed by atoms with van der Waals surface area (Å²) in [7, 11) is 0. The Hall–Kier alpha value is -1.65. The van der Waals surface area contributed by atoms with E-state index in [2.05, 4.69) is 21.1 Å². The van der Waals surface area contributed by atoms with Crippen LogP contribution in [0.1, 0.15) is 5.69 Å². The van der Waals surface area contributed by atoms with Gasteiger partial charge in [0.15, 0.2) is 0 Å². The summed E-state index contributed by atoms with van der Waals surface area (Å²) in [6, 6.07) is 0.0824. The fourth-order valence-corrected chi connectivity index (χ4v) is 0.781. The Balaban J connectivity index is 2.82. The zero-order valence-electron chi connectivity index (χ0n) is 5.83. The van der Waals surface area contributed by atoms with Crippen molar-refractivity contribution in [1.29, 1.82) is 0 Å². The predicted octanol–water partition coefficient (Wildman–Crippen LogP) is 0.309. The van der Waals surface area contributed by atoms with Gasteiger partial charge in [-0.1, -0.05) is 0 Å².